The summed E-state index contributed by atoms with van der Waals surface area (Å²) in [6.45, 7) is 15.4. The molecule has 1 atom stereocenters. The van der Waals surface area contributed by atoms with Gasteiger partial charge in [0.05, 0.1) is 11.5 Å². The summed E-state index contributed by atoms with van der Waals surface area (Å²) >= 11 is 0. The second-order valence-corrected chi connectivity index (χ2v) is 14.4. The number of rotatable bonds is 17. The molecule has 0 aliphatic heterocycles. The van der Waals surface area contributed by atoms with Crippen molar-refractivity contribution in [2.75, 3.05) is 31.6 Å². The predicted octanol–water partition coefficient (Wildman–Crippen LogP) is 4.99. The van der Waals surface area contributed by atoms with Crippen molar-refractivity contribution in [3.63, 3.8) is 0 Å². The van der Waals surface area contributed by atoms with Crippen LogP contribution < -0.4 is 21.3 Å². The van der Waals surface area contributed by atoms with E-state index in [2.05, 4.69) is 42.0 Å². The number of hydrogen-bond acceptors (Lipinski definition) is 8. The molecule has 0 radical (unpaired) electrons. The molecular weight excluding hydrogens is 525 g/mol. The topological polar surface area (TPSA) is 116 Å². The summed E-state index contributed by atoms with van der Waals surface area (Å²) in [4.78, 5) is 45.0. The number of carbonyl (C=O) groups excluding carboxylic acids is 4. The highest BCUT2D eigenvalue weighted by molar-refractivity contribution is 8.77. The average molecular weight is 579 g/mol. The summed E-state index contributed by atoms with van der Waals surface area (Å²) in [5.74, 6) is 1.21. The molecule has 0 aliphatic carbocycles. The highest BCUT2D eigenvalue weighted by Crippen LogP contribution is 2.38. The van der Waals surface area contributed by atoms with E-state index in [1.165, 1.54) is 10.8 Å². The molecule has 0 aromatic heterocycles. The van der Waals surface area contributed by atoms with Gasteiger partial charge in [-0.1, -0.05) is 50.1 Å². The van der Waals surface area contributed by atoms with E-state index >= 15 is 0 Å². The summed E-state index contributed by atoms with van der Waals surface area (Å²) < 4.78 is 0.00374. The number of carbonyl (C=O) groups is 4. The third kappa shape index (κ3) is 26.2. The molecule has 0 bridgehead atoms. The van der Waals surface area contributed by atoms with Gasteiger partial charge in [0.1, 0.15) is 0 Å². The Hall–Kier alpha value is -0.720. The number of hydrogen-bond donors (Lipinski definition) is 4. The fourth-order valence-electron chi connectivity index (χ4n) is 2.29. The smallest absolute Gasteiger partial charge is 0.231 e. The van der Waals surface area contributed by atoms with Crippen molar-refractivity contribution < 1.29 is 24.9 Å². The normalized spacial score (nSPS) is 11.7. The standard InChI is InChI=1S/C12H24N2O2S2.C11H22N2O2S2.4H2/c1-5-13-11(15)7-6-10(4)18-17-8-12(16)14-9(2)3;1-5-13-9(14)6-7-11(2,3)17-16-8-10(15)12-4;;;;/h9-10H,5-8H2,1-4H3,(H,13,15)(H,14,16);5-8H2,1-4H3,(H,12,15)(H,13,14);4*1H. The molecule has 0 aromatic carbocycles. The Balaban J connectivity index is -0.000000127. The molecule has 35 heavy (non-hydrogen) atoms. The van der Waals surface area contributed by atoms with E-state index in [0.717, 1.165) is 12.8 Å². The zero-order valence-corrected chi connectivity index (χ0v) is 25.8. The molecule has 12 heteroatoms. The van der Waals surface area contributed by atoms with Crippen LogP contribution in [-0.4, -0.2) is 71.3 Å². The first-order valence-electron chi connectivity index (χ1n) is 12.0. The van der Waals surface area contributed by atoms with E-state index in [1.807, 2.05) is 27.7 Å². The van der Waals surface area contributed by atoms with Crippen LogP contribution in [0.15, 0.2) is 0 Å². The van der Waals surface area contributed by atoms with Crippen LogP contribution in [0.25, 0.3) is 0 Å². The van der Waals surface area contributed by atoms with E-state index in [9.17, 15) is 19.2 Å². The average Bonchev–Trinajstić information content (AvgIpc) is 2.76. The third-order valence-corrected chi connectivity index (χ3v) is 10.1. The fraction of sp³-hybridized carbons (Fsp3) is 0.826. The Bertz CT molecular complexity index is 641. The Labute approximate surface area is 234 Å². The van der Waals surface area contributed by atoms with Gasteiger partial charge in [-0.2, -0.15) is 0 Å². The maximum absolute atomic E-state index is 11.4. The van der Waals surface area contributed by atoms with Gasteiger partial charge >= 0.3 is 0 Å². The van der Waals surface area contributed by atoms with Crippen molar-refractivity contribution in [3.05, 3.63) is 0 Å². The summed E-state index contributed by atoms with van der Waals surface area (Å²) in [5.41, 5.74) is 0. The summed E-state index contributed by atoms with van der Waals surface area (Å²) in [6, 6.07) is 0.193. The van der Waals surface area contributed by atoms with Crippen LogP contribution in [-0.2, 0) is 19.2 Å². The van der Waals surface area contributed by atoms with Crippen molar-refractivity contribution in [3.8, 4) is 0 Å². The van der Waals surface area contributed by atoms with Gasteiger partial charge in [-0.3, -0.25) is 19.2 Å². The van der Waals surface area contributed by atoms with Gasteiger partial charge in [-0.15, -0.1) is 0 Å². The van der Waals surface area contributed by atoms with Gasteiger partial charge in [-0.05, 0) is 54.4 Å². The maximum atomic E-state index is 11.4. The Morgan fingerprint density at radius 1 is 0.829 bits per heavy atom. The van der Waals surface area contributed by atoms with Crippen LogP contribution in [0.3, 0.4) is 0 Å². The molecule has 4 amide bonds. The lowest BCUT2D eigenvalue weighted by molar-refractivity contribution is -0.121. The monoisotopic (exact) mass is 578 g/mol. The van der Waals surface area contributed by atoms with Crippen LogP contribution in [0.1, 0.15) is 79.9 Å². The maximum Gasteiger partial charge on any atom is 0.231 e. The Kier molecular flexibility index (Phi) is 23.4. The fourth-order valence-corrected chi connectivity index (χ4v) is 7.03. The summed E-state index contributed by atoms with van der Waals surface area (Å²) in [5, 5.41) is 11.4. The minimum Gasteiger partial charge on any atom is -0.358 e. The van der Waals surface area contributed by atoms with E-state index in [4.69, 9.17) is 0 Å². The second kappa shape index (κ2) is 22.5. The molecular formula is C23H54N4O4S4. The molecule has 0 fully saturated rings. The van der Waals surface area contributed by atoms with Crippen LogP contribution >= 0.6 is 43.2 Å². The van der Waals surface area contributed by atoms with E-state index in [1.54, 1.807) is 39.4 Å². The zero-order valence-electron chi connectivity index (χ0n) is 22.6. The number of nitrogens with one attached hydrogen (secondary N) is 4. The van der Waals surface area contributed by atoms with Crippen molar-refractivity contribution in [2.24, 2.45) is 0 Å². The SMILES string of the molecule is CCNC(=O)CCC(C)(C)SSCC(=O)NC.CCNC(=O)CCC(C)SSCC(=O)NC(C)C.[HH].[HH].[HH].[HH]. The molecule has 0 aliphatic rings. The van der Waals surface area contributed by atoms with Crippen molar-refractivity contribution in [2.45, 2.75) is 90.2 Å². The molecule has 0 spiro atoms. The molecule has 8 nitrogen and oxygen atoms in total. The minimum atomic E-state index is 0. The molecule has 0 saturated heterocycles. The third-order valence-electron chi connectivity index (χ3n) is 4.11. The van der Waals surface area contributed by atoms with E-state index in [-0.39, 0.29) is 40.1 Å². The van der Waals surface area contributed by atoms with Gasteiger partial charge in [0.2, 0.25) is 23.6 Å². The quantitative estimate of drug-likeness (QED) is 0.178. The van der Waals surface area contributed by atoms with E-state index < -0.39 is 0 Å². The summed E-state index contributed by atoms with van der Waals surface area (Å²) in [7, 11) is 8.04. The molecule has 0 heterocycles. The highest BCUT2D eigenvalue weighted by atomic mass is 33.1. The van der Waals surface area contributed by atoms with Crippen molar-refractivity contribution >= 4 is 66.8 Å². The van der Waals surface area contributed by atoms with Crippen molar-refractivity contribution in [1.29, 1.82) is 0 Å². The molecule has 0 aromatic rings. The van der Waals surface area contributed by atoms with Crippen LogP contribution in [0.4, 0.5) is 0 Å². The van der Waals surface area contributed by atoms with Crippen LogP contribution in [0.2, 0.25) is 0 Å². The molecule has 4 N–H and O–H groups in total. The molecule has 0 saturated carbocycles. The Morgan fingerprint density at radius 2 is 1.37 bits per heavy atom. The number of amides is 4. The predicted molar refractivity (Wildman–Crippen MR) is 165 cm³/mol. The highest BCUT2D eigenvalue weighted by Gasteiger charge is 2.20. The van der Waals surface area contributed by atoms with Crippen LogP contribution in [0, 0.1) is 0 Å². The first-order chi connectivity index (χ1) is 16.4. The van der Waals surface area contributed by atoms with Gasteiger partial charge in [0.25, 0.3) is 0 Å². The molecule has 1 unspecified atom stereocenters. The zero-order chi connectivity index (χ0) is 27.3. The van der Waals surface area contributed by atoms with Gasteiger partial charge in [0.15, 0.2) is 0 Å². The van der Waals surface area contributed by atoms with Gasteiger partial charge in [0, 0.05) is 54.7 Å². The lowest BCUT2D eigenvalue weighted by Crippen LogP contribution is -2.31. The van der Waals surface area contributed by atoms with Crippen molar-refractivity contribution in [1.82, 2.24) is 21.3 Å². The Morgan fingerprint density at radius 3 is 1.89 bits per heavy atom. The first-order valence-corrected chi connectivity index (χ1v) is 16.7. The summed E-state index contributed by atoms with van der Waals surface area (Å²) in [6.07, 6.45) is 2.74. The van der Waals surface area contributed by atoms with Gasteiger partial charge in [-0.25, -0.2) is 0 Å². The minimum absolute atomic E-state index is 0. The largest absolute Gasteiger partial charge is 0.358 e. The lowest BCUT2D eigenvalue weighted by atomic mass is 10.1. The lowest BCUT2D eigenvalue weighted by Gasteiger charge is -2.22. The van der Waals surface area contributed by atoms with Gasteiger partial charge < -0.3 is 21.3 Å². The molecule has 0 rings (SSSR count). The second-order valence-electron chi connectivity index (χ2n) is 8.62. The first kappa shape index (κ1) is 36.4. The molecule has 214 valence electrons. The van der Waals surface area contributed by atoms with E-state index in [0.29, 0.717) is 42.7 Å². The van der Waals surface area contributed by atoms with Crippen LogP contribution in [0.5, 0.6) is 0 Å².